The van der Waals surface area contributed by atoms with Gasteiger partial charge in [0.2, 0.25) is 0 Å². The smallest absolute Gasteiger partial charge is 0.469 e. The largest absolute Gasteiger partial charge is 0.494 e. The molecular formula is C18H30NO6P. The minimum absolute atomic E-state index is 0.324. The molecule has 0 heterocycles. The number of aryl methyl sites for hydroxylation is 1. The van der Waals surface area contributed by atoms with Crippen LogP contribution in [-0.4, -0.2) is 40.3 Å². The molecule has 0 aromatic heterocycles. The van der Waals surface area contributed by atoms with Crippen molar-refractivity contribution in [2.75, 3.05) is 19.8 Å². The highest BCUT2D eigenvalue weighted by Gasteiger charge is 2.28. The van der Waals surface area contributed by atoms with E-state index in [9.17, 15) is 9.67 Å². The molecule has 0 saturated carbocycles. The average Bonchev–Trinajstić information content (AvgIpc) is 2.58. The van der Waals surface area contributed by atoms with Crippen molar-refractivity contribution in [3.8, 4) is 5.75 Å². The number of benzene rings is 1. The number of hydrogen-bond donors (Lipinski definition) is 4. The molecule has 1 atom stereocenters. The van der Waals surface area contributed by atoms with Gasteiger partial charge in [-0.2, -0.15) is 0 Å². The number of phosphoric acid groups is 1. The number of unbranched alkanes of at least 4 members (excludes halogenated alkanes) is 1. The van der Waals surface area contributed by atoms with Gasteiger partial charge in [-0.15, -0.1) is 6.58 Å². The Morgan fingerprint density at radius 3 is 2.46 bits per heavy atom. The van der Waals surface area contributed by atoms with Gasteiger partial charge in [0, 0.05) is 0 Å². The second-order valence-corrected chi connectivity index (χ2v) is 7.93. The fourth-order valence-electron chi connectivity index (χ4n) is 2.27. The summed E-state index contributed by atoms with van der Waals surface area (Å²) in [6.07, 6.45) is 3.91. The lowest BCUT2D eigenvalue weighted by Crippen LogP contribution is -2.48. The monoisotopic (exact) mass is 387 g/mol. The Morgan fingerprint density at radius 2 is 1.92 bits per heavy atom. The van der Waals surface area contributed by atoms with Crippen LogP contribution >= 0.6 is 7.82 Å². The average molecular weight is 387 g/mol. The minimum atomic E-state index is -4.61. The molecular weight excluding hydrogens is 357 g/mol. The molecule has 0 aliphatic heterocycles. The highest BCUT2D eigenvalue weighted by molar-refractivity contribution is 7.46. The summed E-state index contributed by atoms with van der Waals surface area (Å²) in [5, 5.41) is 9.40. The lowest BCUT2D eigenvalue weighted by molar-refractivity contribution is 0.102. The highest BCUT2D eigenvalue weighted by atomic mass is 31.2. The maximum atomic E-state index is 10.8. The number of nitrogens with two attached hydrogens (primary N) is 1. The van der Waals surface area contributed by atoms with Gasteiger partial charge in [0.1, 0.15) is 5.75 Å². The summed E-state index contributed by atoms with van der Waals surface area (Å²) in [6.45, 7) is 5.70. The number of ether oxygens (including phenoxy) is 1. The van der Waals surface area contributed by atoms with Crippen molar-refractivity contribution < 1.29 is 28.7 Å². The van der Waals surface area contributed by atoms with Crippen LogP contribution < -0.4 is 10.5 Å². The van der Waals surface area contributed by atoms with Crippen LogP contribution in [0.15, 0.2) is 36.4 Å². The molecule has 5 N–H and O–H groups in total. The maximum absolute atomic E-state index is 10.8. The summed E-state index contributed by atoms with van der Waals surface area (Å²) in [4.78, 5) is 17.5. The normalized spacial score (nSPS) is 14.0. The summed E-state index contributed by atoms with van der Waals surface area (Å²) < 4.78 is 20.9. The first kappa shape index (κ1) is 22.8. The van der Waals surface area contributed by atoms with Crippen molar-refractivity contribution in [2.24, 2.45) is 5.73 Å². The molecule has 0 aliphatic carbocycles. The van der Waals surface area contributed by atoms with E-state index in [0.717, 1.165) is 30.6 Å². The van der Waals surface area contributed by atoms with E-state index in [-0.39, 0.29) is 0 Å². The number of aliphatic hydroxyl groups excluding tert-OH is 1. The van der Waals surface area contributed by atoms with Gasteiger partial charge in [0.15, 0.2) is 0 Å². The van der Waals surface area contributed by atoms with Crippen molar-refractivity contribution in [2.45, 2.75) is 44.6 Å². The molecule has 1 unspecified atom stereocenters. The van der Waals surface area contributed by atoms with Crippen LogP contribution in [0.1, 0.15) is 38.2 Å². The fourth-order valence-corrected chi connectivity index (χ4v) is 2.70. The molecule has 1 aromatic carbocycles. The molecule has 8 heteroatoms. The van der Waals surface area contributed by atoms with E-state index in [4.69, 9.17) is 20.3 Å². The second kappa shape index (κ2) is 10.8. The number of phosphoric ester groups is 1. The maximum Gasteiger partial charge on any atom is 0.469 e. The summed E-state index contributed by atoms with van der Waals surface area (Å²) in [7, 11) is -4.61. The molecule has 0 aliphatic rings. The van der Waals surface area contributed by atoms with Crippen molar-refractivity contribution in [1.29, 1.82) is 0 Å². The molecule has 1 aromatic rings. The van der Waals surface area contributed by atoms with Gasteiger partial charge in [0.25, 0.3) is 0 Å². The van der Waals surface area contributed by atoms with Gasteiger partial charge in [-0.3, -0.25) is 4.52 Å². The Morgan fingerprint density at radius 1 is 1.27 bits per heavy atom. The Labute approximate surface area is 155 Å². The zero-order chi connectivity index (χ0) is 19.6. The standard InChI is InChI=1S/C18H30NO6P/c1-15(2)5-3-4-12-24-17-8-6-16(7-9-17)10-11-18(19,13-20)14-25-26(21,22)23/h6-9,20H,1,3-5,10-14,19H2,2H3,(H2,21,22,23). The first-order valence-electron chi connectivity index (χ1n) is 8.59. The quantitative estimate of drug-likeness (QED) is 0.233. The van der Waals surface area contributed by atoms with E-state index >= 15 is 0 Å². The zero-order valence-corrected chi connectivity index (χ0v) is 16.2. The SMILES string of the molecule is C=C(C)CCCCOc1ccc(CCC(N)(CO)COP(=O)(O)O)cc1. The molecule has 0 saturated heterocycles. The van der Waals surface area contributed by atoms with E-state index in [1.807, 2.05) is 31.2 Å². The number of hydrogen-bond acceptors (Lipinski definition) is 5. The third-order valence-electron chi connectivity index (χ3n) is 3.94. The third-order valence-corrected chi connectivity index (χ3v) is 4.40. The number of rotatable bonds is 13. The van der Waals surface area contributed by atoms with Gasteiger partial charge in [-0.05, 0) is 56.7 Å². The van der Waals surface area contributed by atoms with Gasteiger partial charge in [0.05, 0.1) is 25.4 Å². The minimum Gasteiger partial charge on any atom is -0.494 e. The summed E-state index contributed by atoms with van der Waals surface area (Å²) in [5.41, 5.74) is 6.90. The van der Waals surface area contributed by atoms with Crippen LogP contribution in [0.4, 0.5) is 0 Å². The molecule has 148 valence electrons. The highest BCUT2D eigenvalue weighted by Crippen LogP contribution is 2.36. The summed E-state index contributed by atoms with van der Waals surface area (Å²) >= 11 is 0. The summed E-state index contributed by atoms with van der Waals surface area (Å²) in [5.74, 6) is 0.787. The number of allylic oxidation sites excluding steroid dienone is 1. The van der Waals surface area contributed by atoms with Gasteiger partial charge >= 0.3 is 7.82 Å². The molecule has 0 bridgehead atoms. The van der Waals surface area contributed by atoms with E-state index in [1.165, 1.54) is 5.57 Å². The molecule has 0 fully saturated rings. The van der Waals surface area contributed by atoms with Crippen LogP contribution in [0.25, 0.3) is 0 Å². The molecule has 26 heavy (non-hydrogen) atoms. The molecule has 1 rings (SSSR count). The lowest BCUT2D eigenvalue weighted by Gasteiger charge is -2.27. The van der Waals surface area contributed by atoms with E-state index in [1.54, 1.807) is 0 Å². The van der Waals surface area contributed by atoms with Crippen molar-refractivity contribution in [3.63, 3.8) is 0 Å². The molecule has 7 nitrogen and oxygen atoms in total. The molecule has 0 amide bonds. The summed E-state index contributed by atoms with van der Waals surface area (Å²) in [6, 6.07) is 7.56. The van der Waals surface area contributed by atoms with Crippen molar-refractivity contribution >= 4 is 7.82 Å². The third kappa shape index (κ3) is 10.1. The van der Waals surface area contributed by atoms with Crippen molar-refractivity contribution in [1.82, 2.24) is 0 Å². The van der Waals surface area contributed by atoms with Crippen LogP contribution in [-0.2, 0) is 15.5 Å². The Bertz CT molecular complexity index is 600. The molecule has 0 spiro atoms. The Balaban J connectivity index is 2.41. The van der Waals surface area contributed by atoms with Crippen molar-refractivity contribution in [3.05, 3.63) is 42.0 Å². The zero-order valence-electron chi connectivity index (χ0n) is 15.3. The van der Waals surface area contributed by atoms with E-state index in [0.29, 0.717) is 19.4 Å². The lowest BCUT2D eigenvalue weighted by atomic mass is 9.94. The van der Waals surface area contributed by atoms with Gasteiger partial charge in [-0.1, -0.05) is 17.7 Å². The fraction of sp³-hybridized carbons (Fsp3) is 0.556. The predicted octanol–water partition coefficient (Wildman–Crippen LogP) is 2.54. The molecule has 0 radical (unpaired) electrons. The van der Waals surface area contributed by atoms with Gasteiger partial charge in [-0.25, -0.2) is 4.57 Å². The van der Waals surface area contributed by atoms with Crippen LogP contribution in [0, 0.1) is 0 Å². The Hall–Kier alpha value is -1.21. The second-order valence-electron chi connectivity index (χ2n) is 6.69. The van der Waals surface area contributed by atoms with Gasteiger partial charge < -0.3 is 25.4 Å². The van der Waals surface area contributed by atoms with E-state index in [2.05, 4.69) is 11.1 Å². The van der Waals surface area contributed by atoms with Crippen LogP contribution in [0.3, 0.4) is 0 Å². The number of aliphatic hydroxyl groups is 1. The first-order valence-corrected chi connectivity index (χ1v) is 10.1. The van der Waals surface area contributed by atoms with Crippen LogP contribution in [0.5, 0.6) is 5.75 Å². The first-order chi connectivity index (χ1) is 12.1. The van der Waals surface area contributed by atoms with Crippen LogP contribution in [0.2, 0.25) is 0 Å². The Kier molecular flexibility index (Phi) is 9.50. The topological polar surface area (TPSA) is 122 Å². The predicted molar refractivity (Wildman–Crippen MR) is 101 cm³/mol. The van der Waals surface area contributed by atoms with E-state index < -0.39 is 26.6 Å².